The Bertz CT molecular complexity index is 926. The number of amides is 1. The van der Waals surface area contributed by atoms with Crippen LogP contribution in [0.1, 0.15) is 25.7 Å². The number of nitrogens with zero attached hydrogens (tertiary/aromatic N) is 1. The van der Waals surface area contributed by atoms with E-state index in [4.69, 9.17) is 0 Å². The van der Waals surface area contributed by atoms with Gasteiger partial charge in [0.05, 0.1) is 11.4 Å². The summed E-state index contributed by atoms with van der Waals surface area (Å²) in [7, 11) is -3.55. The van der Waals surface area contributed by atoms with E-state index in [1.807, 2.05) is 0 Å². The maximum Gasteiger partial charge on any atom is 0.243 e. The monoisotopic (exact) mass is 405 g/mol. The third-order valence-corrected chi connectivity index (χ3v) is 6.49. The van der Waals surface area contributed by atoms with Gasteiger partial charge in [0.15, 0.2) is 0 Å². The quantitative estimate of drug-likeness (QED) is 0.772. The van der Waals surface area contributed by atoms with Crippen molar-refractivity contribution in [2.45, 2.75) is 30.6 Å². The smallest absolute Gasteiger partial charge is 0.243 e. The molecule has 6 nitrogen and oxygen atoms in total. The number of rotatable bonds is 6. The number of carbonyl (C=O) groups is 1. The normalized spacial score (nSPS) is 15.6. The van der Waals surface area contributed by atoms with Crippen molar-refractivity contribution in [1.29, 1.82) is 0 Å². The molecule has 2 N–H and O–H groups in total. The third kappa shape index (κ3) is 5.30. The minimum absolute atomic E-state index is 0.0657. The van der Waals surface area contributed by atoms with Gasteiger partial charge < -0.3 is 10.6 Å². The molecule has 1 saturated heterocycles. The van der Waals surface area contributed by atoms with Gasteiger partial charge >= 0.3 is 0 Å². The molecular weight excluding hydrogens is 381 g/mol. The van der Waals surface area contributed by atoms with Crippen LogP contribution in [0.15, 0.2) is 53.4 Å². The molecule has 1 fully saturated rings. The zero-order valence-corrected chi connectivity index (χ0v) is 16.3. The molecule has 1 aliphatic rings. The van der Waals surface area contributed by atoms with Gasteiger partial charge in [-0.25, -0.2) is 12.8 Å². The maximum absolute atomic E-state index is 13.2. The van der Waals surface area contributed by atoms with Crippen molar-refractivity contribution in [1.82, 2.24) is 4.31 Å². The van der Waals surface area contributed by atoms with Gasteiger partial charge in [0.2, 0.25) is 15.9 Å². The van der Waals surface area contributed by atoms with E-state index in [0.717, 1.165) is 25.7 Å². The molecule has 0 spiro atoms. The summed E-state index contributed by atoms with van der Waals surface area (Å²) in [5.41, 5.74) is 0.898. The average Bonchev–Trinajstić information content (AvgIpc) is 2.97. The summed E-state index contributed by atoms with van der Waals surface area (Å²) in [5.74, 6) is -0.788. The lowest BCUT2D eigenvalue weighted by molar-refractivity contribution is -0.114. The van der Waals surface area contributed by atoms with Crippen molar-refractivity contribution in [3.05, 3.63) is 54.3 Å². The molecule has 0 bridgehead atoms. The van der Waals surface area contributed by atoms with Crippen molar-refractivity contribution < 1.29 is 17.6 Å². The molecular formula is C20H24FN3O3S. The zero-order chi connectivity index (χ0) is 20.0. The highest BCUT2D eigenvalue weighted by Crippen LogP contribution is 2.22. The second-order valence-corrected chi connectivity index (χ2v) is 8.70. The third-order valence-electron chi connectivity index (χ3n) is 4.60. The average molecular weight is 405 g/mol. The van der Waals surface area contributed by atoms with Gasteiger partial charge in [-0.05, 0) is 49.2 Å². The predicted octanol–water partition coefficient (Wildman–Crippen LogP) is 3.44. The van der Waals surface area contributed by atoms with Gasteiger partial charge in [-0.3, -0.25) is 4.79 Å². The summed E-state index contributed by atoms with van der Waals surface area (Å²) in [6.07, 6.45) is 3.84. The Kier molecular flexibility index (Phi) is 6.64. The number of sulfonamides is 1. The van der Waals surface area contributed by atoms with E-state index < -0.39 is 15.8 Å². The summed E-state index contributed by atoms with van der Waals surface area (Å²) in [6.45, 7) is 1.01. The number of nitrogens with one attached hydrogen (secondary N) is 2. The highest BCUT2D eigenvalue weighted by atomic mass is 32.2. The molecule has 0 unspecified atom stereocenters. The molecule has 3 rings (SSSR count). The minimum Gasteiger partial charge on any atom is -0.376 e. The molecule has 0 radical (unpaired) electrons. The van der Waals surface area contributed by atoms with E-state index in [1.165, 1.54) is 28.6 Å². The van der Waals surface area contributed by atoms with Gasteiger partial charge in [0.1, 0.15) is 5.82 Å². The van der Waals surface area contributed by atoms with Crippen LogP contribution in [-0.4, -0.2) is 38.3 Å². The van der Waals surface area contributed by atoms with Crippen LogP contribution in [0.4, 0.5) is 15.8 Å². The van der Waals surface area contributed by atoms with Gasteiger partial charge in [0, 0.05) is 24.5 Å². The topological polar surface area (TPSA) is 78.5 Å². The highest BCUT2D eigenvalue weighted by Gasteiger charge is 2.25. The summed E-state index contributed by atoms with van der Waals surface area (Å²) in [6, 6.07) is 12.1. The van der Waals surface area contributed by atoms with Gasteiger partial charge in [-0.15, -0.1) is 0 Å². The Labute approximate surface area is 164 Å². The zero-order valence-electron chi connectivity index (χ0n) is 15.5. The van der Waals surface area contributed by atoms with Crippen LogP contribution < -0.4 is 10.6 Å². The van der Waals surface area contributed by atoms with Crippen molar-refractivity contribution >= 4 is 27.3 Å². The molecule has 150 valence electrons. The van der Waals surface area contributed by atoms with Crippen molar-refractivity contribution in [2.75, 3.05) is 30.3 Å². The lowest BCUT2D eigenvalue weighted by Gasteiger charge is -2.20. The number of benzene rings is 2. The Balaban J connectivity index is 1.63. The Morgan fingerprint density at radius 2 is 1.64 bits per heavy atom. The van der Waals surface area contributed by atoms with E-state index in [2.05, 4.69) is 10.6 Å². The standard InChI is InChI=1S/C20H24FN3O3S/c21-16-7-5-9-18(13-16)23-20(25)15-22-17-8-6-10-19(14-17)28(26,27)24-11-3-1-2-4-12-24/h5-10,13-14,22H,1-4,11-12,15H2,(H,23,25). The number of anilines is 2. The van der Waals surface area contributed by atoms with Crippen LogP contribution in [0.2, 0.25) is 0 Å². The molecule has 8 heteroatoms. The molecule has 1 heterocycles. The predicted molar refractivity (Wildman–Crippen MR) is 107 cm³/mol. The molecule has 0 saturated carbocycles. The lowest BCUT2D eigenvalue weighted by atomic mass is 10.2. The van der Waals surface area contributed by atoms with Gasteiger partial charge in [-0.2, -0.15) is 4.31 Å². The van der Waals surface area contributed by atoms with Gasteiger partial charge in [0.25, 0.3) is 0 Å². The molecule has 2 aromatic rings. The second-order valence-electron chi connectivity index (χ2n) is 6.76. The number of halogens is 1. The van der Waals surface area contributed by atoms with Crippen molar-refractivity contribution in [2.24, 2.45) is 0 Å². The van der Waals surface area contributed by atoms with E-state index in [-0.39, 0.29) is 17.3 Å². The van der Waals surface area contributed by atoms with Crippen LogP contribution in [0.25, 0.3) is 0 Å². The van der Waals surface area contributed by atoms with Crippen LogP contribution in [0.3, 0.4) is 0 Å². The van der Waals surface area contributed by atoms with Crippen LogP contribution in [0, 0.1) is 5.82 Å². The highest BCUT2D eigenvalue weighted by molar-refractivity contribution is 7.89. The molecule has 0 atom stereocenters. The largest absolute Gasteiger partial charge is 0.376 e. The van der Waals surface area contributed by atoms with Crippen molar-refractivity contribution in [3.63, 3.8) is 0 Å². The molecule has 0 aromatic heterocycles. The summed E-state index contributed by atoms with van der Waals surface area (Å²) in [5, 5.41) is 5.51. The lowest BCUT2D eigenvalue weighted by Crippen LogP contribution is -2.32. The Morgan fingerprint density at radius 3 is 2.36 bits per heavy atom. The van der Waals surface area contributed by atoms with Crippen molar-refractivity contribution in [3.8, 4) is 0 Å². The molecule has 0 aliphatic carbocycles. The van der Waals surface area contributed by atoms with Gasteiger partial charge in [-0.1, -0.05) is 25.0 Å². The number of carbonyl (C=O) groups excluding carboxylic acids is 1. The Morgan fingerprint density at radius 1 is 0.964 bits per heavy atom. The van der Waals surface area contributed by atoms with Crippen LogP contribution >= 0.6 is 0 Å². The van der Waals surface area contributed by atoms with E-state index in [1.54, 1.807) is 24.3 Å². The molecule has 1 aliphatic heterocycles. The van der Waals surface area contributed by atoms with E-state index >= 15 is 0 Å². The first-order chi connectivity index (χ1) is 13.4. The van der Waals surface area contributed by atoms with E-state index in [0.29, 0.717) is 24.5 Å². The fourth-order valence-corrected chi connectivity index (χ4v) is 4.71. The summed E-state index contributed by atoms with van der Waals surface area (Å²) < 4.78 is 40.5. The number of hydrogen-bond acceptors (Lipinski definition) is 4. The SMILES string of the molecule is O=C(CNc1cccc(S(=O)(=O)N2CCCCCC2)c1)Nc1cccc(F)c1. The summed E-state index contributed by atoms with van der Waals surface area (Å²) >= 11 is 0. The summed E-state index contributed by atoms with van der Waals surface area (Å²) in [4.78, 5) is 12.3. The molecule has 1 amide bonds. The molecule has 28 heavy (non-hydrogen) atoms. The first kappa shape index (κ1) is 20.3. The van der Waals surface area contributed by atoms with Crippen LogP contribution in [-0.2, 0) is 14.8 Å². The fraction of sp³-hybridized carbons (Fsp3) is 0.350. The first-order valence-corrected chi connectivity index (χ1v) is 10.8. The maximum atomic E-state index is 13.2. The molecule has 2 aromatic carbocycles. The fourth-order valence-electron chi connectivity index (χ4n) is 3.15. The first-order valence-electron chi connectivity index (χ1n) is 9.35. The number of hydrogen-bond donors (Lipinski definition) is 2. The second kappa shape index (κ2) is 9.16. The van der Waals surface area contributed by atoms with Crippen LogP contribution in [0.5, 0.6) is 0 Å². The van der Waals surface area contributed by atoms with E-state index in [9.17, 15) is 17.6 Å². The minimum atomic E-state index is -3.55. The Hall–Kier alpha value is -2.45.